The smallest absolute Gasteiger partial charge is 0.0724 e. The van der Waals surface area contributed by atoms with E-state index in [1.54, 1.807) is 18.6 Å². The first-order chi connectivity index (χ1) is 7.20. The number of nitrogens with one attached hydrogen (secondary N) is 1. The van der Waals surface area contributed by atoms with Gasteiger partial charge in [-0.2, -0.15) is 0 Å². The predicted octanol–water partition coefficient (Wildman–Crippen LogP) is 1.12. The molecule has 0 saturated carbocycles. The second kappa shape index (κ2) is 5.78. The Balaban J connectivity index is 2.47. The molecule has 0 spiro atoms. The van der Waals surface area contributed by atoms with Crippen molar-refractivity contribution < 1.29 is 5.11 Å². The van der Waals surface area contributed by atoms with E-state index in [0.717, 1.165) is 18.5 Å². The minimum atomic E-state index is -0.0216. The summed E-state index contributed by atoms with van der Waals surface area (Å²) >= 11 is 0. The van der Waals surface area contributed by atoms with Crippen molar-refractivity contribution in [3.63, 3.8) is 0 Å². The number of nitrogens with zero attached hydrogens (tertiary/aromatic N) is 2. The number of aliphatic hydroxyl groups is 1. The molecule has 4 nitrogen and oxygen atoms in total. The summed E-state index contributed by atoms with van der Waals surface area (Å²) in [5.74, 6) is 0. The molecule has 1 rings (SSSR count). The molecule has 0 fully saturated rings. The summed E-state index contributed by atoms with van der Waals surface area (Å²) in [6.45, 7) is 5.12. The van der Waals surface area contributed by atoms with Crippen LogP contribution in [0.5, 0.6) is 0 Å². The summed E-state index contributed by atoms with van der Waals surface area (Å²) < 4.78 is 0. The summed E-state index contributed by atoms with van der Waals surface area (Å²) in [6.07, 6.45) is 6.84. The van der Waals surface area contributed by atoms with Gasteiger partial charge in [-0.3, -0.25) is 9.97 Å². The van der Waals surface area contributed by atoms with E-state index in [0.29, 0.717) is 6.54 Å². The molecule has 15 heavy (non-hydrogen) atoms. The minimum absolute atomic E-state index is 0.0216. The molecule has 0 aliphatic carbocycles. The molecule has 0 aliphatic rings. The molecule has 2 N–H and O–H groups in total. The van der Waals surface area contributed by atoms with Crippen molar-refractivity contribution >= 4 is 0 Å². The molecule has 1 unspecified atom stereocenters. The van der Waals surface area contributed by atoms with E-state index in [-0.39, 0.29) is 12.1 Å². The summed E-state index contributed by atoms with van der Waals surface area (Å²) in [5, 5.41) is 12.4. The number of aromatic nitrogens is 2. The van der Waals surface area contributed by atoms with Gasteiger partial charge in [0.15, 0.2) is 0 Å². The topological polar surface area (TPSA) is 58.0 Å². The summed E-state index contributed by atoms with van der Waals surface area (Å²) in [6, 6.07) is 0. The summed E-state index contributed by atoms with van der Waals surface area (Å²) in [4.78, 5) is 8.19. The second-order valence-corrected chi connectivity index (χ2v) is 3.94. The van der Waals surface area contributed by atoms with Gasteiger partial charge in [-0.15, -0.1) is 0 Å². The fraction of sp³-hybridized carbons (Fsp3) is 0.636. The zero-order valence-corrected chi connectivity index (χ0v) is 9.40. The summed E-state index contributed by atoms with van der Waals surface area (Å²) in [7, 11) is 0. The Morgan fingerprint density at radius 3 is 2.80 bits per heavy atom. The molecular formula is C11H19N3O. The Bertz CT molecular complexity index is 278. The number of hydrogen-bond acceptors (Lipinski definition) is 4. The van der Waals surface area contributed by atoms with Gasteiger partial charge >= 0.3 is 0 Å². The zero-order valence-electron chi connectivity index (χ0n) is 9.40. The Morgan fingerprint density at radius 2 is 2.27 bits per heavy atom. The van der Waals surface area contributed by atoms with Crippen molar-refractivity contribution in [2.75, 3.05) is 6.61 Å². The first kappa shape index (κ1) is 12.1. The van der Waals surface area contributed by atoms with Crippen LogP contribution in [-0.2, 0) is 6.54 Å². The van der Waals surface area contributed by atoms with Crippen molar-refractivity contribution in [3.05, 3.63) is 24.3 Å². The van der Waals surface area contributed by atoms with Crippen molar-refractivity contribution in [1.82, 2.24) is 15.3 Å². The van der Waals surface area contributed by atoms with Crippen molar-refractivity contribution in [2.45, 2.75) is 38.8 Å². The average Bonchev–Trinajstić information content (AvgIpc) is 2.28. The van der Waals surface area contributed by atoms with E-state index in [2.05, 4.69) is 29.1 Å². The maximum absolute atomic E-state index is 8.96. The lowest BCUT2D eigenvalue weighted by Crippen LogP contribution is -2.42. The van der Waals surface area contributed by atoms with Crippen LogP contribution >= 0.6 is 0 Å². The third-order valence-electron chi connectivity index (χ3n) is 2.76. The lowest BCUT2D eigenvalue weighted by molar-refractivity contribution is 0.214. The Kier molecular flexibility index (Phi) is 4.65. The van der Waals surface area contributed by atoms with Crippen LogP contribution in [0, 0.1) is 0 Å². The molecule has 0 amide bonds. The molecule has 0 aromatic carbocycles. The molecule has 0 radical (unpaired) electrons. The van der Waals surface area contributed by atoms with Crippen molar-refractivity contribution in [3.8, 4) is 0 Å². The van der Waals surface area contributed by atoms with E-state index in [1.165, 1.54) is 0 Å². The van der Waals surface area contributed by atoms with E-state index in [9.17, 15) is 0 Å². The van der Waals surface area contributed by atoms with Crippen LogP contribution in [0.3, 0.4) is 0 Å². The molecule has 0 bridgehead atoms. The van der Waals surface area contributed by atoms with Gasteiger partial charge in [-0.25, -0.2) is 0 Å². The van der Waals surface area contributed by atoms with E-state index < -0.39 is 0 Å². The lowest BCUT2D eigenvalue weighted by Gasteiger charge is -2.28. The highest BCUT2D eigenvalue weighted by atomic mass is 16.3. The maximum Gasteiger partial charge on any atom is 0.0724 e. The van der Waals surface area contributed by atoms with Gasteiger partial charge in [0.25, 0.3) is 0 Å². The fourth-order valence-corrected chi connectivity index (χ4v) is 1.36. The maximum atomic E-state index is 8.96. The first-order valence-electron chi connectivity index (χ1n) is 5.31. The van der Waals surface area contributed by atoms with Gasteiger partial charge in [0, 0.05) is 37.3 Å². The van der Waals surface area contributed by atoms with Crippen LogP contribution in [0.4, 0.5) is 0 Å². The molecule has 1 atom stereocenters. The molecular weight excluding hydrogens is 190 g/mol. The largest absolute Gasteiger partial charge is 0.396 e. The molecule has 1 heterocycles. The van der Waals surface area contributed by atoms with Gasteiger partial charge in [0.1, 0.15) is 0 Å². The minimum Gasteiger partial charge on any atom is -0.396 e. The highest BCUT2D eigenvalue weighted by molar-refractivity contribution is 4.95. The van der Waals surface area contributed by atoms with Gasteiger partial charge in [0.05, 0.1) is 5.69 Å². The number of aliphatic hydroxyl groups excluding tert-OH is 1. The first-order valence-corrected chi connectivity index (χ1v) is 5.31. The molecule has 84 valence electrons. The van der Waals surface area contributed by atoms with Crippen LogP contribution in [0.1, 0.15) is 32.4 Å². The fourth-order valence-electron chi connectivity index (χ4n) is 1.36. The molecule has 1 aromatic rings. The zero-order chi connectivity index (χ0) is 11.1. The molecule has 0 aliphatic heterocycles. The highest BCUT2D eigenvalue weighted by Crippen LogP contribution is 2.14. The number of hydrogen-bond donors (Lipinski definition) is 2. The quantitative estimate of drug-likeness (QED) is 0.737. The van der Waals surface area contributed by atoms with Crippen LogP contribution in [0.15, 0.2) is 18.6 Å². The molecule has 0 saturated heterocycles. The third-order valence-corrected chi connectivity index (χ3v) is 2.76. The van der Waals surface area contributed by atoms with Gasteiger partial charge in [-0.1, -0.05) is 6.92 Å². The van der Waals surface area contributed by atoms with E-state index in [4.69, 9.17) is 5.11 Å². The average molecular weight is 209 g/mol. The molecule has 4 heteroatoms. The lowest BCUT2D eigenvalue weighted by atomic mass is 9.95. The van der Waals surface area contributed by atoms with Crippen LogP contribution in [0.2, 0.25) is 0 Å². The van der Waals surface area contributed by atoms with E-state index in [1.807, 2.05) is 0 Å². The summed E-state index contributed by atoms with van der Waals surface area (Å²) in [5.41, 5.74) is 0.904. The highest BCUT2D eigenvalue weighted by Gasteiger charge is 2.20. The van der Waals surface area contributed by atoms with Crippen molar-refractivity contribution in [1.29, 1.82) is 0 Å². The van der Waals surface area contributed by atoms with Crippen LogP contribution in [-0.4, -0.2) is 27.2 Å². The normalized spacial score (nSPS) is 14.9. The number of rotatable bonds is 6. The molecule has 1 aromatic heterocycles. The standard InChI is InChI=1S/C11H19N3O/c1-3-11(2,4-7-15)14-9-10-8-12-5-6-13-10/h5-6,8,14-15H,3-4,7,9H2,1-2H3. The SMILES string of the molecule is CCC(C)(CCO)NCc1cnccn1. The van der Waals surface area contributed by atoms with Gasteiger partial charge < -0.3 is 10.4 Å². The van der Waals surface area contributed by atoms with Crippen LogP contribution in [0.25, 0.3) is 0 Å². The monoisotopic (exact) mass is 209 g/mol. The Labute approximate surface area is 90.8 Å². The van der Waals surface area contributed by atoms with Crippen molar-refractivity contribution in [2.24, 2.45) is 0 Å². The Morgan fingerprint density at radius 1 is 1.47 bits per heavy atom. The van der Waals surface area contributed by atoms with Gasteiger partial charge in [-0.05, 0) is 19.8 Å². The predicted molar refractivity (Wildman–Crippen MR) is 59.3 cm³/mol. The van der Waals surface area contributed by atoms with Gasteiger partial charge in [0.2, 0.25) is 0 Å². The van der Waals surface area contributed by atoms with Crippen LogP contribution < -0.4 is 5.32 Å². The third kappa shape index (κ3) is 3.93. The Hall–Kier alpha value is -1.00. The van der Waals surface area contributed by atoms with E-state index >= 15 is 0 Å². The second-order valence-electron chi connectivity index (χ2n) is 3.94.